The van der Waals surface area contributed by atoms with E-state index in [-0.39, 0.29) is 0 Å². The number of rotatable bonds is 7. The Kier molecular flexibility index (Phi) is 6.58. The van der Waals surface area contributed by atoms with Gasteiger partial charge in [0.05, 0.1) is 0 Å². The molecule has 1 rings (SSSR count). The highest BCUT2D eigenvalue weighted by atomic mass is 79.9. The van der Waals surface area contributed by atoms with Crippen molar-refractivity contribution in [3.05, 3.63) is 22.4 Å². The number of thiophene rings is 1. The van der Waals surface area contributed by atoms with Gasteiger partial charge in [0, 0.05) is 4.83 Å². The van der Waals surface area contributed by atoms with Gasteiger partial charge in [0.1, 0.15) is 0 Å². The summed E-state index contributed by atoms with van der Waals surface area (Å²) < 4.78 is 0. The van der Waals surface area contributed by atoms with Crippen LogP contribution in [-0.4, -0.2) is 4.83 Å². The van der Waals surface area contributed by atoms with Crippen LogP contribution in [0.5, 0.6) is 0 Å². The molecule has 1 aromatic heterocycles. The van der Waals surface area contributed by atoms with Gasteiger partial charge in [0.15, 0.2) is 0 Å². The third-order valence-electron chi connectivity index (χ3n) is 2.84. The summed E-state index contributed by atoms with van der Waals surface area (Å²) in [6, 6.07) is 2.24. The largest absolute Gasteiger partial charge is 0.152 e. The van der Waals surface area contributed by atoms with Crippen LogP contribution in [0.25, 0.3) is 0 Å². The first-order valence-electron chi connectivity index (χ1n) is 5.93. The first kappa shape index (κ1) is 13.2. The van der Waals surface area contributed by atoms with Crippen molar-refractivity contribution in [1.29, 1.82) is 0 Å². The summed E-state index contributed by atoms with van der Waals surface area (Å²) in [7, 11) is 0. The first-order chi connectivity index (χ1) is 7.27. The lowest BCUT2D eigenvalue weighted by atomic mass is 9.92. The molecule has 15 heavy (non-hydrogen) atoms. The van der Waals surface area contributed by atoms with E-state index in [0.29, 0.717) is 4.83 Å². The zero-order valence-corrected chi connectivity index (χ0v) is 12.1. The zero-order valence-electron chi connectivity index (χ0n) is 9.71. The molecule has 0 fully saturated rings. The third-order valence-corrected chi connectivity index (χ3v) is 4.64. The second-order valence-corrected chi connectivity index (χ2v) is 6.15. The molecule has 0 saturated heterocycles. The first-order valence-corrected chi connectivity index (χ1v) is 7.78. The maximum Gasteiger partial charge on any atom is 0.0214 e. The Labute approximate surface area is 106 Å². The van der Waals surface area contributed by atoms with Crippen molar-refractivity contribution in [3.8, 4) is 0 Å². The fourth-order valence-corrected chi connectivity index (χ4v) is 3.63. The normalized spacial score (nSPS) is 13.3. The molecule has 0 aromatic carbocycles. The van der Waals surface area contributed by atoms with E-state index in [9.17, 15) is 0 Å². The quantitative estimate of drug-likeness (QED) is 0.600. The van der Waals surface area contributed by atoms with Gasteiger partial charge in [0.25, 0.3) is 0 Å². The molecule has 0 nitrogen and oxygen atoms in total. The van der Waals surface area contributed by atoms with Gasteiger partial charge >= 0.3 is 0 Å². The average molecular weight is 289 g/mol. The minimum atomic E-state index is 0.659. The summed E-state index contributed by atoms with van der Waals surface area (Å²) >= 11 is 5.67. The predicted octanol–water partition coefficient (Wildman–Crippen LogP) is 5.27. The van der Waals surface area contributed by atoms with Gasteiger partial charge in [-0.15, -0.1) is 0 Å². The van der Waals surface area contributed by atoms with Crippen LogP contribution < -0.4 is 0 Å². The molecule has 0 radical (unpaired) electrons. The molecular weight excluding hydrogens is 268 g/mol. The van der Waals surface area contributed by atoms with Crippen molar-refractivity contribution in [2.45, 2.75) is 50.8 Å². The minimum absolute atomic E-state index is 0.659. The summed E-state index contributed by atoms with van der Waals surface area (Å²) in [5, 5.41) is 4.44. The van der Waals surface area contributed by atoms with E-state index < -0.39 is 0 Å². The van der Waals surface area contributed by atoms with Gasteiger partial charge in [-0.05, 0) is 47.6 Å². The molecule has 0 amide bonds. The molecule has 0 aliphatic carbocycles. The van der Waals surface area contributed by atoms with Crippen LogP contribution in [0.3, 0.4) is 0 Å². The fourth-order valence-electron chi connectivity index (χ4n) is 2.05. The third kappa shape index (κ3) is 4.69. The highest BCUT2D eigenvalue weighted by molar-refractivity contribution is 9.09. The average Bonchev–Trinajstić information content (AvgIpc) is 2.70. The van der Waals surface area contributed by atoms with Crippen molar-refractivity contribution in [1.82, 2.24) is 0 Å². The second kappa shape index (κ2) is 7.45. The summed E-state index contributed by atoms with van der Waals surface area (Å²) in [5.41, 5.74) is 1.49. The van der Waals surface area contributed by atoms with Crippen molar-refractivity contribution in [2.24, 2.45) is 5.92 Å². The molecular formula is C13H21BrS. The van der Waals surface area contributed by atoms with Crippen molar-refractivity contribution < 1.29 is 0 Å². The van der Waals surface area contributed by atoms with Gasteiger partial charge in [-0.3, -0.25) is 0 Å². The van der Waals surface area contributed by atoms with Crippen molar-refractivity contribution in [3.63, 3.8) is 0 Å². The SMILES string of the molecule is CCCC(CCC)C(Br)Cc1ccsc1. The molecule has 1 unspecified atom stereocenters. The van der Waals surface area contributed by atoms with Gasteiger partial charge in [-0.25, -0.2) is 0 Å². The molecule has 1 atom stereocenters. The lowest BCUT2D eigenvalue weighted by Gasteiger charge is -2.21. The molecule has 0 bridgehead atoms. The molecule has 0 aliphatic heterocycles. The molecule has 0 saturated carbocycles. The fraction of sp³-hybridized carbons (Fsp3) is 0.692. The number of hydrogen-bond acceptors (Lipinski definition) is 1. The molecule has 1 aromatic rings. The Morgan fingerprint density at radius 1 is 1.27 bits per heavy atom. The van der Waals surface area contributed by atoms with Crippen LogP contribution in [0.1, 0.15) is 45.1 Å². The smallest absolute Gasteiger partial charge is 0.0214 e. The standard InChI is InChI=1S/C13H21BrS/c1-3-5-12(6-4-2)13(14)9-11-7-8-15-10-11/h7-8,10,12-13H,3-6,9H2,1-2H3. The van der Waals surface area contributed by atoms with Crippen molar-refractivity contribution in [2.75, 3.05) is 0 Å². The van der Waals surface area contributed by atoms with Gasteiger partial charge in [-0.2, -0.15) is 11.3 Å². The van der Waals surface area contributed by atoms with E-state index in [1.165, 1.54) is 37.7 Å². The highest BCUT2D eigenvalue weighted by Gasteiger charge is 2.17. The molecule has 2 heteroatoms. The van der Waals surface area contributed by atoms with Crippen LogP contribution >= 0.6 is 27.3 Å². The van der Waals surface area contributed by atoms with E-state index in [1.807, 2.05) is 0 Å². The summed E-state index contributed by atoms with van der Waals surface area (Å²) in [6.45, 7) is 4.57. The lowest BCUT2D eigenvalue weighted by Crippen LogP contribution is -2.16. The predicted molar refractivity (Wildman–Crippen MR) is 74.0 cm³/mol. The Bertz CT molecular complexity index is 237. The van der Waals surface area contributed by atoms with Gasteiger partial charge in [0.2, 0.25) is 0 Å². The lowest BCUT2D eigenvalue weighted by molar-refractivity contribution is 0.427. The topological polar surface area (TPSA) is 0 Å². The van der Waals surface area contributed by atoms with E-state index in [0.717, 1.165) is 5.92 Å². The Morgan fingerprint density at radius 3 is 2.40 bits per heavy atom. The highest BCUT2D eigenvalue weighted by Crippen LogP contribution is 2.27. The van der Waals surface area contributed by atoms with E-state index in [4.69, 9.17) is 0 Å². The Balaban J connectivity index is 2.44. The van der Waals surface area contributed by atoms with Crippen LogP contribution in [-0.2, 0) is 6.42 Å². The molecule has 0 N–H and O–H groups in total. The number of hydrogen-bond donors (Lipinski definition) is 0. The molecule has 0 spiro atoms. The summed E-state index contributed by atoms with van der Waals surface area (Å²) in [6.07, 6.45) is 6.50. The van der Waals surface area contributed by atoms with E-state index >= 15 is 0 Å². The second-order valence-electron chi connectivity index (χ2n) is 4.19. The van der Waals surface area contributed by atoms with Gasteiger partial charge in [-0.1, -0.05) is 42.6 Å². The number of alkyl halides is 1. The zero-order chi connectivity index (χ0) is 11.1. The van der Waals surface area contributed by atoms with Crippen LogP contribution in [0, 0.1) is 5.92 Å². The van der Waals surface area contributed by atoms with Gasteiger partial charge < -0.3 is 0 Å². The maximum atomic E-state index is 3.87. The maximum absolute atomic E-state index is 3.87. The summed E-state index contributed by atoms with van der Waals surface area (Å²) in [4.78, 5) is 0.659. The summed E-state index contributed by atoms with van der Waals surface area (Å²) in [5.74, 6) is 0.847. The van der Waals surface area contributed by atoms with Crippen molar-refractivity contribution >= 4 is 27.3 Å². The molecule has 1 heterocycles. The monoisotopic (exact) mass is 288 g/mol. The van der Waals surface area contributed by atoms with Crippen LogP contribution in [0.15, 0.2) is 16.8 Å². The molecule has 0 aliphatic rings. The van der Waals surface area contributed by atoms with Crippen LogP contribution in [0.2, 0.25) is 0 Å². The minimum Gasteiger partial charge on any atom is -0.152 e. The van der Waals surface area contributed by atoms with E-state index in [2.05, 4.69) is 46.6 Å². The van der Waals surface area contributed by atoms with Crippen LogP contribution in [0.4, 0.5) is 0 Å². The Hall–Kier alpha value is 0.180. The Morgan fingerprint density at radius 2 is 1.93 bits per heavy atom. The van der Waals surface area contributed by atoms with E-state index in [1.54, 1.807) is 11.3 Å². The molecule has 86 valence electrons. The number of halogens is 1.